The second-order valence-corrected chi connectivity index (χ2v) is 8.99. The van der Waals surface area contributed by atoms with E-state index < -0.39 is 0 Å². The third-order valence-corrected chi connectivity index (χ3v) is 6.07. The average molecular weight is 463 g/mol. The van der Waals surface area contributed by atoms with Gasteiger partial charge >= 0.3 is 0 Å². The number of benzene rings is 2. The van der Waals surface area contributed by atoms with Gasteiger partial charge in [0.25, 0.3) is 11.8 Å². The Balaban J connectivity index is 1.59. The number of carbonyl (C=O) groups is 2. The molecule has 1 aromatic heterocycles. The summed E-state index contributed by atoms with van der Waals surface area (Å²) in [5, 5.41) is 7.62. The first-order valence-electron chi connectivity index (χ1n) is 11.0. The molecule has 33 heavy (non-hydrogen) atoms. The highest BCUT2D eigenvalue weighted by atomic mass is 32.1. The molecule has 0 aliphatic rings. The minimum Gasteiger partial charge on any atom is -0.497 e. The second-order valence-electron chi connectivity index (χ2n) is 8.01. The van der Waals surface area contributed by atoms with E-state index in [1.807, 2.05) is 17.5 Å². The molecule has 2 amide bonds. The molecule has 0 atom stereocenters. The van der Waals surface area contributed by atoms with Gasteiger partial charge in [-0.25, -0.2) is 0 Å². The summed E-state index contributed by atoms with van der Waals surface area (Å²) in [6.45, 7) is 4.88. The summed E-state index contributed by atoms with van der Waals surface area (Å²) >= 11 is 1.50. The van der Waals surface area contributed by atoms with Crippen molar-refractivity contribution < 1.29 is 14.3 Å². The first-order chi connectivity index (χ1) is 16.0. The van der Waals surface area contributed by atoms with Crippen LogP contribution in [0.3, 0.4) is 0 Å². The van der Waals surface area contributed by atoms with Crippen molar-refractivity contribution in [1.29, 1.82) is 0 Å². The zero-order valence-corrected chi connectivity index (χ0v) is 20.1. The summed E-state index contributed by atoms with van der Waals surface area (Å²) in [6, 6.07) is 19.2. The summed E-state index contributed by atoms with van der Waals surface area (Å²) in [6.07, 6.45) is 3.39. The van der Waals surface area contributed by atoms with Gasteiger partial charge in [0.15, 0.2) is 0 Å². The van der Waals surface area contributed by atoms with Crippen molar-refractivity contribution in [3.8, 4) is 5.75 Å². The van der Waals surface area contributed by atoms with Gasteiger partial charge in [0.1, 0.15) is 11.4 Å². The highest BCUT2D eigenvalue weighted by Crippen LogP contribution is 2.16. The lowest BCUT2D eigenvalue weighted by molar-refractivity contribution is -0.117. The number of aryl methyl sites for hydroxylation is 1. The second kappa shape index (κ2) is 12.0. The van der Waals surface area contributed by atoms with Gasteiger partial charge in [0.2, 0.25) is 0 Å². The number of amides is 2. The van der Waals surface area contributed by atoms with Crippen LogP contribution in [0.5, 0.6) is 5.75 Å². The van der Waals surface area contributed by atoms with Gasteiger partial charge in [-0.05, 0) is 71.7 Å². The van der Waals surface area contributed by atoms with Crippen LogP contribution in [-0.2, 0) is 11.2 Å². The van der Waals surface area contributed by atoms with Crippen LogP contribution in [0, 0.1) is 0 Å². The lowest BCUT2D eigenvalue weighted by Crippen LogP contribution is -2.35. The lowest BCUT2D eigenvalue weighted by Gasteiger charge is -2.11. The molecule has 0 saturated heterocycles. The summed E-state index contributed by atoms with van der Waals surface area (Å²) in [5.41, 5.74) is 3.24. The molecule has 1 heterocycles. The maximum atomic E-state index is 12.9. The Kier molecular flexibility index (Phi) is 8.84. The van der Waals surface area contributed by atoms with Gasteiger partial charge in [-0.15, -0.1) is 11.3 Å². The normalized spacial score (nSPS) is 11.3. The maximum Gasteiger partial charge on any atom is 0.267 e. The molecule has 172 valence electrons. The van der Waals surface area contributed by atoms with Crippen molar-refractivity contribution >= 4 is 29.2 Å². The molecule has 0 bridgehead atoms. The molecule has 0 spiro atoms. The van der Waals surface area contributed by atoms with Crippen LogP contribution in [0.25, 0.3) is 6.08 Å². The Morgan fingerprint density at radius 2 is 1.76 bits per heavy atom. The van der Waals surface area contributed by atoms with Crippen molar-refractivity contribution in [2.75, 3.05) is 13.7 Å². The third-order valence-electron chi connectivity index (χ3n) is 5.25. The predicted octanol–water partition coefficient (Wildman–Crippen LogP) is 5.40. The molecule has 5 nitrogen and oxygen atoms in total. The number of rotatable bonds is 10. The molecule has 0 fully saturated rings. The van der Waals surface area contributed by atoms with Crippen LogP contribution in [0.15, 0.2) is 71.7 Å². The van der Waals surface area contributed by atoms with Crippen LogP contribution in [0.4, 0.5) is 0 Å². The number of thiophene rings is 1. The Labute approximate surface area is 199 Å². The molecule has 0 saturated carbocycles. The molecule has 0 unspecified atom stereocenters. The van der Waals surface area contributed by atoms with Crippen LogP contribution in [0.1, 0.15) is 52.5 Å². The first-order valence-corrected chi connectivity index (χ1v) is 11.9. The molecule has 0 aliphatic carbocycles. The van der Waals surface area contributed by atoms with E-state index in [0.29, 0.717) is 23.8 Å². The maximum absolute atomic E-state index is 12.9. The zero-order chi connectivity index (χ0) is 23.6. The third kappa shape index (κ3) is 7.32. The molecule has 0 radical (unpaired) electrons. The highest BCUT2D eigenvalue weighted by Gasteiger charge is 2.15. The van der Waals surface area contributed by atoms with Crippen molar-refractivity contribution in [1.82, 2.24) is 10.6 Å². The van der Waals surface area contributed by atoms with Gasteiger partial charge in [-0.1, -0.05) is 44.2 Å². The van der Waals surface area contributed by atoms with Gasteiger partial charge in [0, 0.05) is 17.0 Å². The molecule has 6 heteroatoms. The quantitative estimate of drug-likeness (QED) is 0.313. The van der Waals surface area contributed by atoms with Crippen molar-refractivity contribution in [2.24, 2.45) is 0 Å². The van der Waals surface area contributed by atoms with Gasteiger partial charge in [0.05, 0.1) is 7.11 Å². The summed E-state index contributed by atoms with van der Waals surface area (Å²) < 4.78 is 5.14. The molecule has 0 aliphatic heterocycles. The van der Waals surface area contributed by atoms with Crippen LogP contribution < -0.4 is 15.4 Å². The van der Waals surface area contributed by atoms with E-state index in [1.165, 1.54) is 22.5 Å². The van der Waals surface area contributed by atoms with E-state index in [-0.39, 0.29) is 17.5 Å². The Bertz CT molecular complexity index is 1070. The van der Waals surface area contributed by atoms with Crippen LogP contribution >= 0.6 is 11.3 Å². The number of carbonyl (C=O) groups excluding carboxylic acids is 2. The zero-order valence-electron chi connectivity index (χ0n) is 19.3. The topological polar surface area (TPSA) is 67.4 Å². The minimum atomic E-state index is -0.346. The smallest absolute Gasteiger partial charge is 0.267 e. The fourth-order valence-electron chi connectivity index (χ4n) is 3.27. The molecule has 2 N–H and O–H groups in total. The number of hydrogen-bond acceptors (Lipinski definition) is 4. The van der Waals surface area contributed by atoms with Crippen molar-refractivity contribution in [2.45, 2.75) is 32.6 Å². The summed E-state index contributed by atoms with van der Waals surface area (Å²) in [7, 11) is 1.57. The highest BCUT2D eigenvalue weighted by molar-refractivity contribution is 7.10. The summed E-state index contributed by atoms with van der Waals surface area (Å²) in [4.78, 5) is 26.5. The minimum absolute atomic E-state index is 0.222. The van der Waals surface area contributed by atoms with E-state index in [0.717, 1.165) is 17.7 Å². The monoisotopic (exact) mass is 462 g/mol. The molecule has 2 aromatic carbocycles. The standard InChI is InChI=1S/C27H30N2O3S/c1-19(2)21-10-8-20(9-11-21)6-4-16-28-27(31)25(18-24-7-5-17-33-24)29-26(30)22-12-14-23(32-3)15-13-22/h5,7-15,17-19H,4,6,16H2,1-3H3,(H,28,31)(H,29,30)/b25-18-. The summed E-state index contributed by atoms with van der Waals surface area (Å²) in [5.74, 6) is 0.527. The van der Waals surface area contributed by atoms with Gasteiger partial charge < -0.3 is 15.4 Å². The van der Waals surface area contributed by atoms with Crippen LogP contribution in [0.2, 0.25) is 0 Å². The molecule has 3 aromatic rings. The van der Waals surface area contributed by atoms with E-state index in [1.54, 1.807) is 37.5 Å². The van der Waals surface area contributed by atoms with Gasteiger partial charge in [-0.3, -0.25) is 9.59 Å². The van der Waals surface area contributed by atoms with Crippen molar-refractivity contribution in [3.63, 3.8) is 0 Å². The largest absolute Gasteiger partial charge is 0.497 e. The van der Waals surface area contributed by atoms with Crippen molar-refractivity contribution in [3.05, 3.63) is 93.3 Å². The fourth-order valence-corrected chi connectivity index (χ4v) is 3.93. The fraction of sp³-hybridized carbons (Fsp3) is 0.259. The predicted molar refractivity (Wildman–Crippen MR) is 135 cm³/mol. The molecular weight excluding hydrogens is 432 g/mol. The first kappa shape index (κ1) is 24.3. The van der Waals surface area contributed by atoms with E-state index in [4.69, 9.17) is 4.74 Å². The molecule has 3 rings (SSSR count). The number of methoxy groups -OCH3 is 1. The number of ether oxygens (including phenoxy) is 1. The molecular formula is C27H30N2O3S. The Hall–Kier alpha value is -3.38. The number of hydrogen-bond donors (Lipinski definition) is 2. The van der Waals surface area contributed by atoms with E-state index >= 15 is 0 Å². The lowest BCUT2D eigenvalue weighted by atomic mass is 10.0. The average Bonchev–Trinajstić information content (AvgIpc) is 3.34. The van der Waals surface area contributed by atoms with Gasteiger partial charge in [-0.2, -0.15) is 0 Å². The number of nitrogens with one attached hydrogen (secondary N) is 2. The van der Waals surface area contributed by atoms with E-state index in [2.05, 4.69) is 48.7 Å². The SMILES string of the molecule is COc1ccc(C(=O)N/C(=C\c2cccs2)C(=O)NCCCc2ccc(C(C)C)cc2)cc1. The Morgan fingerprint density at radius 3 is 2.36 bits per heavy atom. The Morgan fingerprint density at radius 1 is 1.03 bits per heavy atom. The van der Waals surface area contributed by atoms with Crippen LogP contribution in [-0.4, -0.2) is 25.5 Å². The van der Waals surface area contributed by atoms with E-state index in [9.17, 15) is 9.59 Å².